The Morgan fingerprint density at radius 3 is 2.88 bits per heavy atom. The quantitative estimate of drug-likeness (QED) is 0.419. The van der Waals surface area contributed by atoms with Gasteiger partial charge in [-0.3, -0.25) is 14.9 Å². The number of benzene rings is 1. The molecule has 122 valence electrons. The minimum Gasteiger partial charge on any atom is -0.374 e. The molecule has 2 aromatic heterocycles. The summed E-state index contributed by atoms with van der Waals surface area (Å²) < 4.78 is 1.57. The number of rotatable bonds is 6. The normalized spacial score (nSPS) is 10.5. The Labute approximate surface area is 141 Å². The number of ketones is 1. The summed E-state index contributed by atoms with van der Waals surface area (Å²) in [5.41, 5.74) is 2.88. The van der Waals surface area contributed by atoms with Crippen molar-refractivity contribution >= 4 is 28.5 Å². The summed E-state index contributed by atoms with van der Waals surface area (Å²) >= 11 is 1.45. The van der Waals surface area contributed by atoms with Gasteiger partial charge >= 0.3 is 0 Å². The van der Waals surface area contributed by atoms with E-state index >= 15 is 0 Å². The molecule has 8 nitrogen and oxygen atoms in total. The van der Waals surface area contributed by atoms with E-state index in [1.54, 1.807) is 29.4 Å². The van der Waals surface area contributed by atoms with Gasteiger partial charge in [0.15, 0.2) is 5.82 Å². The van der Waals surface area contributed by atoms with Crippen LogP contribution >= 0.6 is 11.3 Å². The van der Waals surface area contributed by atoms with Gasteiger partial charge in [0.2, 0.25) is 5.78 Å². The van der Waals surface area contributed by atoms with E-state index in [0.29, 0.717) is 12.2 Å². The zero-order valence-electron chi connectivity index (χ0n) is 12.7. The summed E-state index contributed by atoms with van der Waals surface area (Å²) in [6, 6.07) is 4.34. The van der Waals surface area contributed by atoms with Crippen molar-refractivity contribution in [2.45, 2.75) is 6.54 Å². The molecule has 0 spiro atoms. The molecule has 0 aliphatic heterocycles. The molecule has 1 N–H and O–H groups in total. The van der Waals surface area contributed by atoms with Gasteiger partial charge in [-0.25, -0.2) is 9.97 Å². The fourth-order valence-corrected chi connectivity index (χ4v) is 2.76. The number of aromatic nitrogens is 3. The number of nitrogens with one attached hydrogen (secondary N) is 1. The predicted octanol–water partition coefficient (Wildman–Crippen LogP) is 2.63. The van der Waals surface area contributed by atoms with E-state index in [-0.39, 0.29) is 22.9 Å². The molecule has 3 rings (SSSR count). The van der Waals surface area contributed by atoms with Crippen molar-refractivity contribution < 1.29 is 9.72 Å². The lowest BCUT2D eigenvalue weighted by Gasteiger charge is -2.07. The van der Waals surface area contributed by atoms with E-state index < -0.39 is 4.92 Å². The van der Waals surface area contributed by atoms with Crippen molar-refractivity contribution in [2.24, 2.45) is 7.05 Å². The van der Waals surface area contributed by atoms with Crippen molar-refractivity contribution in [3.8, 4) is 0 Å². The van der Waals surface area contributed by atoms with Gasteiger partial charge in [-0.15, -0.1) is 11.3 Å². The number of nitrogens with zero attached hydrogens (tertiary/aromatic N) is 4. The van der Waals surface area contributed by atoms with E-state index in [4.69, 9.17) is 0 Å². The van der Waals surface area contributed by atoms with Gasteiger partial charge in [-0.1, -0.05) is 0 Å². The van der Waals surface area contributed by atoms with Crippen LogP contribution in [0.15, 0.2) is 41.5 Å². The molecule has 0 aliphatic carbocycles. The van der Waals surface area contributed by atoms with Gasteiger partial charge < -0.3 is 9.88 Å². The van der Waals surface area contributed by atoms with Crippen LogP contribution in [-0.4, -0.2) is 25.2 Å². The summed E-state index contributed by atoms with van der Waals surface area (Å²) in [7, 11) is 1.69. The minimum atomic E-state index is -0.515. The number of carbonyl (C=O) groups excluding carboxylic acids is 1. The van der Waals surface area contributed by atoms with Crippen molar-refractivity contribution in [1.82, 2.24) is 14.5 Å². The molecule has 24 heavy (non-hydrogen) atoms. The first-order valence-electron chi connectivity index (χ1n) is 6.97. The summed E-state index contributed by atoms with van der Waals surface area (Å²) in [5, 5.41) is 16.2. The summed E-state index contributed by atoms with van der Waals surface area (Å²) in [6.45, 7) is 0.372. The third-order valence-corrected chi connectivity index (χ3v) is 4.06. The Balaban J connectivity index is 1.88. The average molecular weight is 343 g/mol. The fraction of sp³-hybridized carbons (Fsp3) is 0.133. The number of hydrogen-bond donors (Lipinski definition) is 1. The maximum Gasteiger partial charge on any atom is 0.293 e. The van der Waals surface area contributed by atoms with Gasteiger partial charge in [0.1, 0.15) is 5.69 Å². The fourth-order valence-electron chi connectivity index (χ4n) is 2.20. The van der Waals surface area contributed by atoms with Gasteiger partial charge in [0.25, 0.3) is 5.69 Å². The number of carbonyl (C=O) groups is 1. The van der Waals surface area contributed by atoms with Crippen LogP contribution in [0, 0.1) is 10.1 Å². The molecule has 0 radical (unpaired) electrons. The third kappa shape index (κ3) is 3.15. The second-order valence-corrected chi connectivity index (χ2v) is 5.73. The number of hydrogen-bond acceptors (Lipinski definition) is 7. The molecule has 3 aromatic rings. The highest BCUT2D eigenvalue weighted by Gasteiger charge is 2.20. The second-order valence-electron chi connectivity index (χ2n) is 5.01. The van der Waals surface area contributed by atoms with Crippen LogP contribution in [0.25, 0.3) is 0 Å². The van der Waals surface area contributed by atoms with Gasteiger partial charge in [-0.05, 0) is 12.1 Å². The number of anilines is 1. The first-order chi connectivity index (χ1) is 11.6. The standard InChI is InChI=1S/C15H13N5O3S/c1-19-5-4-16-15(19)14(21)10-2-3-12(13(6-10)20(22)23)17-7-11-8-24-9-18-11/h2-6,8-9,17H,7H2,1H3. The monoisotopic (exact) mass is 343 g/mol. The van der Waals surface area contributed by atoms with Gasteiger partial charge in [-0.2, -0.15) is 0 Å². The highest BCUT2D eigenvalue weighted by atomic mass is 32.1. The molecule has 0 aliphatic rings. The van der Waals surface area contributed by atoms with Crippen molar-refractivity contribution in [3.05, 3.63) is 68.7 Å². The lowest BCUT2D eigenvalue weighted by Crippen LogP contribution is -2.10. The first-order valence-corrected chi connectivity index (χ1v) is 7.92. The topological polar surface area (TPSA) is 103 Å². The van der Waals surface area contributed by atoms with Crippen molar-refractivity contribution in [1.29, 1.82) is 0 Å². The van der Waals surface area contributed by atoms with E-state index in [1.807, 2.05) is 5.38 Å². The molecule has 0 amide bonds. The SMILES string of the molecule is Cn1ccnc1C(=O)c1ccc(NCc2cscn2)c([N+](=O)[O-])c1. The predicted molar refractivity (Wildman–Crippen MR) is 89.2 cm³/mol. The molecular weight excluding hydrogens is 330 g/mol. The van der Waals surface area contributed by atoms with Crippen LogP contribution in [0.5, 0.6) is 0 Å². The van der Waals surface area contributed by atoms with Crippen LogP contribution in [-0.2, 0) is 13.6 Å². The van der Waals surface area contributed by atoms with Crippen LogP contribution in [0.4, 0.5) is 11.4 Å². The van der Waals surface area contributed by atoms with Gasteiger partial charge in [0, 0.05) is 36.5 Å². The Kier molecular flexibility index (Phi) is 4.34. The summed E-state index contributed by atoms with van der Waals surface area (Å²) in [5.74, 6) is -0.135. The zero-order valence-corrected chi connectivity index (χ0v) is 13.5. The van der Waals surface area contributed by atoms with Crippen LogP contribution in [0.1, 0.15) is 21.9 Å². The molecular formula is C15H13N5O3S. The molecule has 0 unspecified atom stereocenters. The lowest BCUT2D eigenvalue weighted by molar-refractivity contribution is -0.384. The van der Waals surface area contributed by atoms with Crippen molar-refractivity contribution in [3.63, 3.8) is 0 Å². The highest BCUT2D eigenvalue weighted by Crippen LogP contribution is 2.27. The zero-order chi connectivity index (χ0) is 17.1. The second kappa shape index (κ2) is 6.59. The van der Waals surface area contributed by atoms with E-state index in [9.17, 15) is 14.9 Å². The average Bonchev–Trinajstić information content (AvgIpc) is 3.23. The third-order valence-electron chi connectivity index (χ3n) is 3.42. The molecule has 0 atom stereocenters. The summed E-state index contributed by atoms with van der Waals surface area (Å²) in [6.07, 6.45) is 3.15. The Bertz CT molecular complexity index is 888. The highest BCUT2D eigenvalue weighted by molar-refractivity contribution is 7.07. The molecule has 9 heteroatoms. The van der Waals surface area contributed by atoms with E-state index in [0.717, 1.165) is 5.69 Å². The Morgan fingerprint density at radius 2 is 2.25 bits per heavy atom. The lowest BCUT2D eigenvalue weighted by atomic mass is 10.1. The molecule has 0 fully saturated rings. The van der Waals surface area contributed by atoms with E-state index in [2.05, 4.69) is 15.3 Å². The molecule has 0 saturated carbocycles. The van der Waals surface area contributed by atoms with Crippen LogP contribution in [0.3, 0.4) is 0 Å². The number of thiazole rings is 1. The number of imidazole rings is 1. The largest absolute Gasteiger partial charge is 0.374 e. The maximum absolute atomic E-state index is 12.4. The van der Waals surface area contributed by atoms with Crippen LogP contribution < -0.4 is 5.32 Å². The molecule has 2 heterocycles. The molecule has 0 saturated heterocycles. The van der Waals surface area contributed by atoms with Crippen LogP contribution in [0.2, 0.25) is 0 Å². The Morgan fingerprint density at radius 1 is 1.42 bits per heavy atom. The maximum atomic E-state index is 12.4. The summed E-state index contributed by atoms with van der Waals surface area (Å²) in [4.78, 5) is 31.3. The number of aryl methyl sites for hydroxylation is 1. The molecule has 1 aromatic carbocycles. The van der Waals surface area contributed by atoms with Crippen molar-refractivity contribution in [2.75, 3.05) is 5.32 Å². The number of nitro benzene ring substituents is 1. The minimum absolute atomic E-state index is 0.162. The Hall–Kier alpha value is -3.07. The molecule has 0 bridgehead atoms. The smallest absolute Gasteiger partial charge is 0.293 e. The number of nitro groups is 1. The van der Waals surface area contributed by atoms with Gasteiger partial charge in [0.05, 0.1) is 22.7 Å². The first kappa shape index (κ1) is 15.8. The van der Waals surface area contributed by atoms with E-state index in [1.165, 1.54) is 29.7 Å².